The maximum Gasteiger partial charge on any atom is 0.269 e. The Kier molecular flexibility index (Phi) is 4.53. The second-order valence-electron chi connectivity index (χ2n) is 6.55. The minimum absolute atomic E-state index is 0.0592. The van der Waals surface area contributed by atoms with E-state index in [0.717, 1.165) is 24.0 Å². The average Bonchev–Trinajstić information content (AvgIpc) is 3.44. The number of hydrogen-bond acceptors (Lipinski definition) is 5. The monoisotopic (exact) mass is 386 g/mol. The van der Waals surface area contributed by atoms with E-state index in [2.05, 4.69) is 15.3 Å². The molecule has 27 heavy (non-hydrogen) atoms. The SMILES string of the molecule is CNCc1cn(S(=O)(=O)c2cccnc2)c(-c2cccnc2F)c1C1CC1. The van der Waals surface area contributed by atoms with Gasteiger partial charge in [0.2, 0.25) is 5.95 Å². The number of hydrogen-bond donors (Lipinski definition) is 1. The van der Waals surface area contributed by atoms with Crippen LogP contribution in [-0.2, 0) is 16.6 Å². The van der Waals surface area contributed by atoms with Gasteiger partial charge in [0.15, 0.2) is 0 Å². The van der Waals surface area contributed by atoms with Crippen LogP contribution in [0.5, 0.6) is 0 Å². The highest BCUT2D eigenvalue weighted by molar-refractivity contribution is 7.90. The van der Waals surface area contributed by atoms with Crippen molar-refractivity contribution in [3.05, 3.63) is 66.1 Å². The fourth-order valence-electron chi connectivity index (χ4n) is 3.33. The Balaban J connectivity index is 2.02. The van der Waals surface area contributed by atoms with Gasteiger partial charge in [-0.05, 0) is 61.2 Å². The molecular formula is C19H19FN4O2S. The van der Waals surface area contributed by atoms with Crippen LogP contribution in [0.4, 0.5) is 4.39 Å². The number of pyridine rings is 2. The molecule has 0 bridgehead atoms. The van der Waals surface area contributed by atoms with Gasteiger partial charge < -0.3 is 5.32 Å². The van der Waals surface area contributed by atoms with Gasteiger partial charge in [0.25, 0.3) is 10.0 Å². The van der Waals surface area contributed by atoms with E-state index in [0.29, 0.717) is 12.2 Å². The Labute approximate surface area is 157 Å². The minimum Gasteiger partial charge on any atom is -0.316 e. The van der Waals surface area contributed by atoms with Crippen LogP contribution in [-0.4, -0.2) is 29.4 Å². The summed E-state index contributed by atoms with van der Waals surface area (Å²) in [7, 11) is -2.13. The predicted molar refractivity (Wildman–Crippen MR) is 99.2 cm³/mol. The van der Waals surface area contributed by atoms with E-state index in [1.165, 1.54) is 28.6 Å². The number of aromatic nitrogens is 3. The Hall–Kier alpha value is -2.58. The third kappa shape index (κ3) is 3.15. The summed E-state index contributed by atoms with van der Waals surface area (Å²) in [6.45, 7) is 0.496. The fraction of sp³-hybridized carbons (Fsp3) is 0.263. The molecule has 1 saturated carbocycles. The molecule has 1 N–H and O–H groups in total. The normalized spacial score (nSPS) is 14.4. The van der Waals surface area contributed by atoms with Gasteiger partial charge in [0.1, 0.15) is 4.90 Å². The van der Waals surface area contributed by atoms with E-state index < -0.39 is 16.0 Å². The third-order valence-electron chi connectivity index (χ3n) is 4.65. The van der Waals surface area contributed by atoms with Crippen LogP contribution in [0.3, 0.4) is 0 Å². The highest BCUT2D eigenvalue weighted by Crippen LogP contribution is 2.48. The van der Waals surface area contributed by atoms with Gasteiger partial charge >= 0.3 is 0 Å². The molecule has 8 heteroatoms. The molecule has 1 aliphatic rings. The van der Waals surface area contributed by atoms with Crippen molar-refractivity contribution in [3.8, 4) is 11.3 Å². The molecule has 1 aliphatic carbocycles. The van der Waals surface area contributed by atoms with Gasteiger partial charge in [-0.2, -0.15) is 4.39 Å². The number of nitrogens with one attached hydrogen (secondary N) is 1. The lowest BCUT2D eigenvalue weighted by molar-refractivity contribution is 0.582. The topological polar surface area (TPSA) is 76.9 Å². The summed E-state index contributed by atoms with van der Waals surface area (Å²) >= 11 is 0. The second kappa shape index (κ2) is 6.86. The van der Waals surface area contributed by atoms with Crippen molar-refractivity contribution in [1.29, 1.82) is 0 Å². The maximum atomic E-state index is 14.6. The van der Waals surface area contributed by atoms with Crippen LogP contribution >= 0.6 is 0 Å². The highest BCUT2D eigenvalue weighted by Gasteiger charge is 2.35. The van der Waals surface area contributed by atoms with Crippen molar-refractivity contribution < 1.29 is 12.8 Å². The zero-order chi connectivity index (χ0) is 19.0. The first-order chi connectivity index (χ1) is 13.0. The van der Waals surface area contributed by atoms with Crippen molar-refractivity contribution in [1.82, 2.24) is 19.3 Å². The molecule has 1 fully saturated rings. The van der Waals surface area contributed by atoms with Crippen molar-refractivity contribution in [2.24, 2.45) is 0 Å². The van der Waals surface area contributed by atoms with Gasteiger partial charge in [-0.3, -0.25) is 4.98 Å². The summed E-state index contributed by atoms with van der Waals surface area (Å²) in [5.41, 5.74) is 2.28. The molecule has 140 valence electrons. The molecule has 0 saturated heterocycles. The molecular weight excluding hydrogens is 367 g/mol. The summed E-state index contributed by atoms with van der Waals surface area (Å²) in [6.07, 6.45) is 7.68. The van der Waals surface area contributed by atoms with Gasteiger partial charge in [-0.25, -0.2) is 17.4 Å². The fourth-order valence-corrected chi connectivity index (χ4v) is 4.71. The molecule has 0 aromatic carbocycles. The zero-order valence-corrected chi connectivity index (χ0v) is 15.6. The van der Waals surface area contributed by atoms with Gasteiger partial charge in [0.05, 0.1) is 11.3 Å². The van der Waals surface area contributed by atoms with E-state index in [1.807, 2.05) is 0 Å². The Morgan fingerprint density at radius 1 is 1.26 bits per heavy atom. The third-order valence-corrected chi connectivity index (χ3v) is 6.30. The summed E-state index contributed by atoms with van der Waals surface area (Å²) < 4.78 is 42.4. The quantitative estimate of drug-likeness (QED) is 0.659. The first-order valence-electron chi connectivity index (χ1n) is 8.69. The van der Waals surface area contributed by atoms with Crippen LogP contribution in [0, 0.1) is 5.95 Å². The summed E-state index contributed by atoms with van der Waals surface area (Å²) in [5.74, 6) is -0.454. The summed E-state index contributed by atoms with van der Waals surface area (Å²) in [6, 6.07) is 6.24. The van der Waals surface area contributed by atoms with Crippen molar-refractivity contribution in [2.75, 3.05) is 7.05 Å². The summed E-state index contributed by atoms with van der Waals surface area (Å²) in [5, 5.41) is 3.08. The molecule has 0 unspecified atom stereocenters. The smallest absolute Gasteiger partial charge is 0.269 e. The molecule has 6 nitrogen and oxygen atoms in total. The second-order valence-corrected chi connectivity index (χ2v) is 8.37. The predicted octanol–water partition coefficient (Wildman–Crippen LogP) is 2.92. The van der Waals surface area contributed by atoms with Crippen molar-refractivity contribution >= 4 is 10.0 Å². The number of rotatable bonds is 6. The molecule has 3 heterocycles. The molecule has 3 aromatic rings. The number of halogens is 1. The largest absolute Gasteiger partial charge is 0.316 e. The molecule has 0 atom stereocenters. The molecule has 4 rings (SSSR count). The van der Waals surface area contributed by atoms with Crippen molar-refractivity contribution in [2.45, 2.75) is 30.2 Å². The average molecular weight is 386 g/mol. The molecule has 0 aliphatic heterocycles. The lowest BCUT2D eigenvalue weighted by Crippen LogP contribution is -2.14. The molecule has 3 aromatic heterocycles. The molecule has 0 radical (unpaired) electrons. The van der Waals surface area contributed by atoms with Gasteiger partial charge in [-0.1, -0.05) is 0 Å². The van der Waals surface area contributed by atoms with E-state index in [1.54, 1.807) is 31.4 Å². The van der Waals surface area contributed by atoms with E-state index in [-0.39, 0.29) is 16.4 Å². The van der Waals surface area contributed by atoms with Crippen LogP contribution < -0.4 is 5.32 Å². The Bertz CT molecular complexity index is 1080. The van der Waals surface area contributed by atoms with E-state index >= 15 is 0 Å². The van der Waals surface area contributed by atoms with Crippen molar-refractivity contribution in [3.63, 3.8) is 0 Å². The standard InChI is InChI=1S/C19H19FN4O2S/c1-21-10-14-12-24(27(25,26)15-4-2-8-22-11-15)18(17(14)13-6-7-13)16-5-3-9-23-19(16)20/h2-5,8-9,11-13,21H,6-7,10H2,1H3. The first-order valence-corrected chi connectivity index (χ1v) is 10.1. The highest BCUT2D eigenvalue weighted by atomic mass is 32.2. The van der Waals surface area contributed by atoms with Crippen LogP contribution in [0.15, 0.2) is 53.9 Å². The Morgan fingerprint density at radius 2 is 2.04 bits per heavy atom. The lowest BCUT2D eigenvalue weighted by Gasteiger charge is -2.13. The summed E-state index contributed by atoms with van der Waals surface area (Å²) in [4.78, 5) is 7.70. The van der Waals surface area contributed by atoms with Crippen LogP contribution in [0.1, 0.15) is 29.9 Å². The first kappa shape index (κ1) is 17.8. The maximum absolute atomic E-state index is 14.6. The Morgan fingerprint density at radius 3 is 2.67 bits per heavy atom. The lowest BCUT2D eigenvalue weighted by atomic mass is 10.0. The van der Waals surface area contributed by atoms with E-state index in [9.17, 15) is 12.8 Å². The minimum atomic E-state index is -3.93. The molecule has 0 spiro atoms. The zero-order valence-electron chi connectivity index (χ0n) is 14.8. The molecule has 0 amide bonds. The number of nitrogens with zero attached hydrogens (tertiary/aromatic N) is 3. The van der Waals surface area contributed by atoms with Gasteiger partial charge in [-0.15, -0.1) is 0 Å². The van der Waals surface area contributed by atoms with Crippen LogP contribution in [0.2, 0.25) is 0 Å². The van der Waals surface area contributed by atoms with E-state index in [4.69, 9.17) is 0 Å². The van der Waals surface area contributed by atoms with Crippen LogP contribution in [0.25, 0.3) is 11.3 Å². The van der Waals surface area contributed by atoms with Gasteiger partial charge in [0, 0.05) is 31.3 Å².